The maximum atomic E-state index is 12.9. The number of imide groups is 1. The van der Waals surface area contributed by atoms with Crippen molar-refractivity contribution in [3.63, 3.8) is 0 Å². The third kappa shape index (κ3) is 8.26. The van der Waals surface area contributed by atoms with Gasteiger partial charge in [-0.1, -0.05) is 50.3 Å². The molecule has 3 rings (SSSR count). The largest absolute Gasteiger partial charge is 0.504 e. The Morgan fingerprint density at radius 3 is 1.86 bits per heavy atom. The van der Waals surface area contributed by atoms with E-state index in [1.54, 1.807) is 62.4 Å². The van der Waals surface area contributed by atoms with E-state index in [9.17, 15) is 29.1 Å². The van der Waals surface area contributed by atoms with Crippen molar-refractivity contribution >= 4 is 41.5 Å². The minimum absolute atomic E-state index is 0.0188. The van der Waals surface area contributed by atoms with Gasteiger partial charge >= 0.3 is 5.97 Å². The van der Waals surface area contributed by atoms with Crippen molar-refractivity contribution in [3.05, 3.63) is 71.8 Å². The Morgan fingerprint density at radius 2 is 1.33 bits per heavy atom. The van der Waals surface area contributed by atoms with Gasteiger partial charge in [-0.3, -0.25) is 24.1 Å². The molecule has 42 heavy (non-hydrogen) atoms. The molecule has 0 saturated carbocycles. The number of ketones is 2. The number of methoxy groups -OCH3 is 2. The summed E-state index contributed by atoms with van der Waals surface area (Å²) in [4.78, 5) is 62.6. The number of nitrogens with zero attached hydrogens (tertiary/aromatic N) is 1. The van der Waals surface area contributed by atoms with Gasteiger partial charge in [-0.2, -0.15) is 0 Å². The fourth-order valence-electron chi connectivity index (χ4n) is 4.22. The summed E-state index contributed by atoms with van der Waals surface area (Å²) in [6, 6.07) is 8.48. The van der Waals surface area contributed by atoms with Crippen LogP contribution in [0.1, 0.15) is 44.2 Å². The highest BCUT2D eigenvalue weighted by Crippen LogP contribution is 2.30. The molecule has 1 atom stereocenters. The van der Waals surface area contributed by atoms with E-state index < -0.39 is 23.8 Å². The minimum atomic E-state index is -1.11. The van der Waals surface area contributed by atoms with Gasteiger partial charge in [0.25, 0.3) is 11.8 Å². The Balaban J connectivity index is 1.54. The predicted octanol–water partition coefficient (Wildman–Crippen LogP) is 4.30. The highest BCUT2D eigenvalue weighted by Gasteiger charge is 2.39. The molecule has 2 aromatic rings. The number of allylic oxidation sites excluding steroid dienone is 2. The van der Waals surface area contributed by atoms with Gasteiger partial charge in [-0.25, -0.2) is 4.79 Å². The molecule has 1 heterocycles. The molecule has 1 unspecified atom stereocenters. The summed E-state index contributed by atoms with van der Waals surface area (Å²) in [6.45, 7) is 3.41. The van der Waals surface area contributed by atoms with Crippen LogP contribution in [0.15, 0.2) is 60.7 Å². The molecule has 2 aromatic carbocycles. The highest BCUT2D eigenvalue weighted by atomic mass is 16.6. The number of benzene rings is 2. The molecule has 1 N–H and O–H groups in total. The molecule has 0 spiro atoms. The van der Waals surface area contributed by atoms with Gasteiger partial charge in [0, 0.05) is 25.0 Å². The lowest BCUT2D eigenvalue weighted by Gasteiger charge is -2.27. The van der Waals surface area contributed by atoms with Crippen LogP contribution in [0.3, 0.4) is 0 Å². The van der Waals surface area contributed by atoms with E-state index in [0.29, 0.717) is 11.3 Å². The van der Waals surface area contributed by atoms with E-state index in [2.05, 4.69) is 0 Å². The zero-order chi connectivity index (χ0) is 30.8. The molecule has 0 bridgehead atoms. The SMILES string of the molecule is COc1cc(/C=C/CC(=O)CC(=O)C/C=C/c2ccc(OC(=O)C(C(C)C)N3C(=O)C=CC3=O)c(OC)c2)ccc1O. The standard InChI is InChI=1S/C32H33NO9/c1-20(2)31(33-29(37)15-16-30(33)38)32(39)42-26-14-12-22(18-28(26)41-4)8-6-10-24(35)19-23(34)9-5-7-21-11-13-25(36)27(17-21)40-3/h5-8,11-18,20,31,36H,9-10,19H2,1-4H3/b7-5+,8-6+. The maximum absolute atomic E-state index is 12.9. The molecule has 2 amide bonds. The summed E-state index contributed by atoms with van der Waals surface area (Å²) >= 11 is 0. The zero-order valence-corrected chi connectivity index (χ0v) is 23.9. The summed E-state index contributed by atoms with van der Waals surface area (Å²) in [6.07, 6.45) is 8.82. The smallest absolute Gasteiger partial charge is 0.335 e. The molecule has 0 fully saturated rings. The van der Waals surface area contributed by atoms with Crippen LogP contribution < -0.4 is 14.2 Å². The first kappa shape index (κ1) is 31.5. The fourth-order valence-corrected chi connectivity index (χ4v) is 4.22. The fraction of sp³-hybridized carbons (Fsp3) is 0.281. The average molecular weight is 576 g/mol. The van der Waals surface area contributed by atoms with Crippen LogP contribution in [0.5, 0.6) is 23.0 Å². The van der Waals surface area contributed by atoms with E-state index in [0.717, 1.165) is 22.6 Å². The molecule has 0 aliphatic carbocycles. The molecular formula is C32H33NO9. The molecule has 220 valence electrons. The van der Waals surface area contributed by atoms with Gasteiger partial charge in [0.1, 0.15) is 17.6 Å². The van der Waals surface area contributed by atoms with Crippen LogP contribution in [0.25, 0.3) is 12.2 Å². The number of Topliss-reactive ketones (excluding diaryl/α,β-unsaturated/α-hetero) is 2. The summed E-state index contributed by atoms with van der Waals surface area (Å²) in [5.74, 6) is -2.09. The molecule has 1 aliphatic heterocycles. The number of hydrogen-bond donors (Lipinski definition) is 1. The van der Waals surface area contributed by atoms with E-state index in [1.165, 1.54) is 26.4 Å². The van der Waals surface area contributed by atoms with Crippen molar-refractivity contribution in [1.29, 1.82) is 0 Å². The van der Waals surface area contributed by atoms with E-state index in [1.807, 2.05) is 0 Å². The van der Waals surface area contributed by atoms with Crippen LogP contribution >= 0.6 is 0 Å². The number of rotatable bonds is 14. The molecule has 0 saturated heterocycles. The number of carbonyl (C=O) groups is 5. The van der Waals surface area contributed by atoms with Crippen LogP contribution in [0, 0.1) is 5.92 Å². The Hall–Kier alpha value is -4.99. The molecule has 10 heteroatoms. The normalized spacial score (nSPS) is 13.8. The van der Waals surface area contributed by atoms with Crippen molar-refractivity contribution in [1.82, 2.24) is 4.90 Å². The Morgan fingerprint density at radius 1 is 0.810 bits per heavy atom. The topological polar surface area (TPSA) is 137 Å². The molecular weight excluding hydrogens is 542 g/mol. The van der Waals surface area contributed by atoms with Crippen LogP contribution in [-0.2, 0) is 24.0 Å². The number of carbonyl (C=O) groups excluding carboxylic acids is 5. The molecule has 0 radical (unpaired) electrons. The Bertz CT molecular complexity index is 1430. The zero-order valence-electron chi connectivity index (χ0n) is 23.9. The first-order chi connectivity index (χ1) is 20.0. The van der Waals surface area contributed by atoms with Crippen molar-refractivity contribution in [2.75, 3.05) is 14.2 Å². The lowest BCUT2D eigenvalue weighted by molar-refractivity contribution is -0.153. The average Bonchev–Trinajstić information content (AvgIpc) is 3.27. The van der Waals surface area contributed by atoms with E-state index in [4.69, 9.17) is 14.2 Å². The first-order valence-corrected chi connectivity index (χ1v) is 13.2. The maximum Gasteiger partial charge on any atom is 0.335 e. The third-order valence-electron chi connectivity index (χ3n) is 6.30. The Labute approximate surface area is 243 Å². The number of ether oxygens (including phenoxy) is 3. The quantitative estimate of drug-likeness (QED) is 0.151. The van der Waals surface area contributed by atoms with Crippen molar-refractivity contribution < 1.29 is 43.3 Å². The van der Waals surface area contributed by atoms with Crippen molar-refractivity contribution in [2.24, 2.45) is 5.92 Å². The van der Waals surface area contributed by atoms with Gasteiger partial charge in [-0.15, -0.1) is 0 Å². The molecule has 10 nitrogen and oxygen atoms in total. The number of aromatic hydroxyl groups is 1. The number of amides is 2. The number of phenolic OH excluding ortho intramolecular Hbond substituents is 1. The minimum Gasteiger partial charge on any atom is -0.504 e. The lowest BCUT2D eigenvalue weighted by Crippen LogP contribution is -2.49. The monoisotopic (exact) mass is 575 g/mol. The van der Waals surface area contributed by atoms with Gasteiger partial charge < -0.3 is 19.3 Å². The van der Waals surface area contributed by atoms with Crippen LogP contribution in [-0.4, -0.2) is 59.6 Å². The second-order valence-corrected chi connectivity index (χ2v) is 9.80. The Kier molecular flexibility index (Phi) is 11.0. The number of hydrogen-bond acceptors (Lipinski definition) is 9. The summed E-state index contributed by atoms with van der Waals surface area (Å²) < 4.78 is 15.9. The van der Waals surface area contributed by atoms with E-state index in [-0.39, 0.29) is 54.0 Å². The van der Waals surface area contributed by atoms with Gasteiger partial charge in [0.15, 0.2) is 23.0 Å². The van der Waals surface area contributed by atoms with E-state index >= 15 is 0 Å². The number of phenols is 1. The summed E-state index contributed by atoms with van der Waals surface area (Å²) in [5.41, 5.74) is 1.41. The van der Waals surface area contributed by atoms with Gasteiger partial charge in [0.2, 0.25) is 0 Å². The van der Waals surface area contributed by atoms with Crippen molar-refractivity contribution in [3.8, 4) is 23.0 Å². The van der Waals surface area contributed by atoms with Gasteiger partial charge in [-0.05, 0) is 41.3 Å². The second-order valence-electron chi connectivity index (χ2n) is 9.80. The van der Waals surface area contributed by atoms with Gasteiger partial charge in [0.05, 0.1) is 20.6 Å². The second kappa shape index (κ2) is 14.6. The predicted molar refractivity (Wildman–Crippen MR) is 155 cm³/mol. The van der Waals surface area contributed by atoms with Crippen molar-refractivity contribution in [2.45, 2.75) is 39.2 Å². The third-order valence-corrected chi connectivity index (χ3v) is 6.30. The van der Waals surface area contributed by atoms with Crippen LogP contribution in [0.4, 0.5) is 0 Å². The van der Waals surface area contributed by atoms with Crippen LogP contribution in [0.2, 0.25) is 0 Å². The highest BCUT2D eigenvalue weighted by molar-refractivity contribution is 6.15. The summed E-state index contributed by atoms with van der Waals surface area (Å²) in [7, 11) is 2.85. The molecule has 0 aromatic heterocycles. The lowest BCUT2D eigenvalue weighted by atomic mass is 10.0. The first-order valence-electron chi connectivity index (χ1n) is 13.2. The molecule has 1 aliphatic rings. The summed E-state index contributed by atoms with van der Waals surface area (Å²) in [5, 5.41) is 9.65. The number of esters is 1.